The van der Waals surface area contributed by atoms with Gasteiger partial charge in [-0.2, -0.15) is 0 Å². The molecule has 19 heavy (non-hydrogen) atoms. The molecule has 0 amide bonds. The van der Waals surface area contributed by atoms with E-state index in [1.54, 1.807) is 23.1 Å². The molecule has 0 spiro atoms. The molecule has 0 unspecified atom stereocenters. The summed E-state index contributed by atoms with van der Waals surface area (Å²) in [7, 11) is 0. The van der Waals surface area contributed by atoms with Crippen molar-refractivity contribution >= 4 is 34.7 Å². The fourth-order valence-corrected chi connectivity index (χ4v) is 3.89. The summed E-state index contributed by atoms with van der Waals surface area (Å²) in [6.45, 7) is 2.79. The summed E-state index contributed by atoms with van der Waals surface area (Å²) in [6.07, 6.45) is 0. The average Bonchev–Trinajstić information content (AvgIpc) is 2.81. The molecule has 7 heteroatoms. The lowest BCUT2D eigenvalue weighted by atomic mass is 10.1. The maximum absolute atomic E-state index is 6.12. The minimum absolute atomic E-state index is 0.296. The molecule has 2 aromatic rings. The second-order valence-electron chi connectivity index (χ2n) is 4.04. The number of hydrogen-bond acceptors (Lipinski definition) is 6. The van der Waals surface area contributed by atoms with E-state index in [-0.39, 0.29) is 0 Å². The molecular formula is C12H11ClN2O2S2. The van der Waals surface area contributed by atoms with Crippen molar-refractivity contribution in [3.8, 4) is 5.75 Å². The molecule has 1 aromatic carbocycles. The van der Waals surface area contributed by atoms with Crippen LogP contribution in [0.5, 0.6) is 5.75 Å². The minimum atomic E-state index is 0.296. The molecule has 0 bridgehead atoms. The minimum Gasteiger partial charge on any atom is -0.467 e. The average molecular weight is 315 g/mol. The second kappa shape index (κ2) is 5.66. The number of benzene rings is 1. The van der Waals surface area contributed by atoms with Crippen LogP contribution in [0.3, 0.4) is 0 Å². The Bertz CT molecular complexity index is 603. The number of aromatic nitrogens is 2. The molecule has 0 saturated heterocycles. The first-order valence-electron chi connectivity index (χ1n) is 5.67. The van der Waals surface area contributed by atoms with Gasteiger partial charge in [-0.3, -0.25) is 0 Å². The van der Waals surface area contributed by atoms with E-state index in [0.717, 1.165) is 32.0 Å². The Kier molecular flexibility index (Phi) is 3.93. The van der Waals surface area contributed by atoms with Gasteiger partial charge in [-0.05, 0) is 19.1 Å². The number of nitrogens with zero attached hydrogens (tertiary/aromatic N) is 2. The number of ether oxygens (including phenoxy) is 2. The van der Waals surface area contributed by atoms with Gasteiger partial charge >= 0.3 is 0 Å². The fourth-order valence-electron chi connectivity index (χ4n) is 1.84. The lowest BCUT2D eigenvalue weighted by molar-refractivity contribution is -0.0168. The number of hydrogen-bond donors (Lipinski definition) is 0. The first-order chi connectivity index (χ1) is 9.22. The Morgan fingerprint density at radius 1 is 1.42 bits per heavy atom. The quantitative estimate of drug-likeness (QED) is 0.809. The first kappa shape index (κ1) is 13.2. The van der Waals surface area contributed by atoms with Crippen molar-refractivity contribution in [1.29, 1.82) is 0 Å². The van der Waals surface area contributed by atoms with Crippen LogP contribution in [-0.2, 0) is 17.1 Å². The van der Waals surface area contributed by atoms with Gasteiger partial charge in [0, 0.05) is 21.9 Å². The van der Waals surface area contributed by atoms with Gasteiger partial charge in [0.1, 0.15) is 10.8 Å². The smallest absolute Gasteiger partial charge is 0.189 e. The molecule has 0 atom stereocenters. The summed E-state index contributed by atoms with van der Waals surface area (Å²) in [5, 5.41) is 9.78. The molecule has 1 aromatic heterocycles. The van der Waals surface area contributed by atoms with E-state index in [0.29, 0.717) is 18.4 Å². The molecule has 4 nitrogen and oxygen atoms in total. The molecule has 100 valence electrons. The van der Waals surface area contributed by atoms with Crippen LogP contribution in [0.2, 0.25) is 5.02 Å². The van der Waals surface area contributed by atoms with Crippen molar-refractivity contribution in [3.05, 3.63) is 33.3 Å². The van der Waals surface area contributed by atoms with Crippen LogP contribution in [0.4, 0.5) is 0 Å². The molecular weight excluding hydrogens is 304 g/mol. The Labute approximate surface area is 124 Å². The van der Waals surface area contributed by atoms with Gasteiger partial charge in [-0.25, -0.2) is 0 Å². The van der Waals surface area contributed by atoms with Crippen LogP contribution >= 0.6 is 34.7 Å². The zero-order chi connectivity index (χ0) is 13.2. The summed E-state index contributed by atoms with van der Waals surface area (Å²) >= 11 is 9.35. The largest absolute Gasteiger partial charge is 0.467 e. The molecule has 0 fully saturated rings. The molecule has 0 saturated carbocycles. The molecule has 0 N–H and O–H groups in total. The van der Waals surface area contributed by atoms with Gasteiger partial charge in [0.2, 0.25) is 0 Å². The molecule has 3 rings (SSSR count). The van der Waals surface area contributed by atoms with Crippen molar-refractivity contribution in [2.45, 2.75) is 23.6 Å². The summed E-state index contributed by atoms with van der Waals surface area (Å²) in [5.41, 5.74) is 2.08. The number of rotatable bonds is 3. The predicted molar refractivity (Wildman–Crippen MR) is 75.9 cm³/mol. The zero-order valence-corrected chi connectivity index (χ0v) is 12.6. The van der Waals surface area contributed by atoms with Gasteiger partial charge in [0.15, 0.2) is 11.1 Å². The van der Waals surface area contributed by atoms with Gasteiger partial charge in [-0.15, -0.1) is 10.2 Å². The van der Waals surface area contributed by atoms with Crippen LogP contribution in [0.15, 0.2) is 16.5 Å². The number of halogens is 1. The van der Waals surface area contributed by atoms with Crippen molar-refractivity contribution in [2.75, 3.05) is 6.79 Å². The van der Waals surface area contributed by atoms with Crippen LogP contribution < -0.4 is 4.74 Å². The van der Waals surface area contributed by atoms with E-state index in [4.69, 9.17) is 21.1 Å². The van der Waals surface area contributed by atoms with E-state index < -0.39 is 0 Å². The highest BCUT2D eigenvalue weighted by atomic mass is 35.5. The highest BCUT2D eigenvalue weighted by Gasteiger charge is 2.17. The van der Waals surface area contributed by atoms with Crippen LogP contribution in [0.25, 0.3) is 0 Å². The first-order valence-corrected chi connectivity index (χ1v) is 7.85. The predicted octanol–water partition coefficient (Wildman–Crippen LogP) is 3.66. The summed E-state index contributed by atoms with van der Waals surface area (Å²) in [5.74, 6) is 1.65. The molecule has 0 aliphatic carbocycles. The maximum atomic E-state index is 6.12. The fraction of sp³-hybridized carbons (Fsp3) is 0.333. The van der Waals surface area contributed by atoms with Crippen molar-refractivity contribution in [2.24, 2.45) is 0 Å². The number of thioether (sulfide) groups is 1. The SMILES string of the molecule is Cc1nnc(SCc2cc(Cl)cc3c2OCOC3)s1. The Morgan fingerprint density at radius 2 is 2.32 bits per heavy atom. The van der Waals surface area contributed by atoms with Gasteiger partial charge in [-0.1, -0.05) is 34.7 Å². The lowest BCUT2D eigenvalue weighted by Crippen LogP contribution is -2.12. The third-order valence-electron chi connectivity index (χ3n) is 2.61. The Hall–Kier alpha value is -0.820. The highest BCUT2D eigenvalue weighted by molar-refractivity contribution is 8.00. The van der Waals surface area contributed by atoms with Crippen LogP contribution in [0.1, 0.15) is 16.1 Å². The summed E-state index contributed by atoms with van der Waals surface area (Å²) in [4.78, 5) is 0. The topological polar surface area (TPSA) is 44.2 Å². The summed E-state index contributed by atoms with van der Waals surface area (Å²) < 4.78 is 11.8. The Balaban J connectivity index is 1.82. The van der Waals surface area contributed by atoms with E-state index in [2.05, 4.69) is 10.2 Å². The molecule has 0 radical (unpaired) electrons. The molecule has 1 aliphatic rings. The van der Waals surface area contributed by atoms with E-state index in [1.807, 2.05) is 19.1 Å². The van der Waals surface area contributed by atoms with E-state index >= 15 is 0 Å². The van der Waals surface area contributed by atoms with Crippen molar-refractivity contribution in [1.82, 2.24) is 10.2 Å². The zero-order valence-electron chi connectivity index (χ0n) is 10.2. The number of fused-ring (bicyclic) bond motifs is 1. The summed E-state index contributed by atoms with van der Waals surface area (Å²) in [6, 6.07) is 3.83. The number of aryl methyl sites for hydroxylation is 1. The normalized spacial score (nSPS) is 14.0. The maximum Gasteiger partial charge on any atom is 0.189 e. The molecule has 1 aliphatic heterocycles. The second-order valence-corrected chi connectivity index (χ2v) is 6.88. The van der Waals surface area contributed by atoms with Gasteiger partial charge in [0.05, 0.1) is 6.61 Å². The Morgan fingerprint density at radius 3 is 3.11 bits per heavy atom. The third kappa shape index (κ3) is 3.02. The standard InChI is InChI=1S/C12H11ClN2O2S2/c1-7-14-15-12(19-7)18-5-9-3-10(13)2-8-4-16-6-17-11(8)9/h2-3H,4-6H2,1H3. The third-order valence-corrected chi connectivity index (χ3v) is 4.85. The van der Waals surface area contributed by atoms with E-state index in [1.165, 1.54) is 0 Å². The van der Waals surface area contributed by atoms with Crippen molar-refractivity contribution in [3.63, 3.8) is 0 Å². The van der Waals surface area contributed by atoms with Gasteiger partial charge < -0.3 is 9.47 Å². The van der Waals surface area contributed by atoms with Crippen molar-refractivity contribution < 1.29 is 9.47 Å². The van der Waals surface area contributed by atoms with Gasteiger partial charge in [0.25, 0.3) is 0 Å². The highest BCUT2D eigenvalue weighted by Crippen LogP contribution is 2.35. The molecule has 2 heterocycles. The van der Waals surface area contributed by atoms with Crippen LogP contribution in [-0.4, -0.2) is 17.0 Å². The van der Waals surface area contributed by atoms with Crippen LogP contribution in [0, 0.1) is 6.92 Å². The van der Waals surface area contributed by atoms with E-state index in [9.17, 15) is 0 Å². The monoisotopic (exact) mass is 314 g/mol. The lowest BCUT2D eigenvalue weighted by Gasteiger charge is -2.20.